The molecular formula is C45H76NO8P. The summed E-state index contributed by atoms with van der Waals surface area (Å²) in [5.41, 5.74) is 5.34. The molecule has 0 rings (SSSR count). The molecule has 0 aliphatic rings. The summed E-state index contributed by atoms with van der Waals surface area (Å²) >= 11 is 0. The van der Waals surface area contributed by atoms with Crippen LogP contribution in [-0.2, 0) is 32.7 Å². The molecule has 0 fully saturated rings. The molecule has 0 saturated carbocycles. The number of allylic oxidation sites excluding steroid dienone is 14. The van der Waals surface area contributed by atoms with Crippen LogP contribution in [0.15, 0.2) is 85.1 Å². The van der Waals surface area contributed by atoms with E-state index in [1.165, 1.54) is 57.8 Å². The van der Waals surface area contributed by atoms with Crippen molar-refractivity contribution in [2.24, 2.45) is 5.73 Å². The van der Waals surface area contributed by atoms with Gasteiger partial charge in [0.25, 0.3) is 0 Å². The first kappa shape index (κ1) is 52.2. The molecule has 0 aliphatic heterocycles. The van der Waals surface area contributed by atoms with Crippen LogP contribution >= 0.6 is 7.82 Å². The van der Waals surface area contributed by atoms with Crippen LogP contribution in [0.1, 0.15) is 155 Å². The maximum absolute atomic E-state index is 12.5. The van der Waals surface area contributed by atoms with Gasteiger partial charge in [-0.05, 0) is 70.6 Å². The number of esters is 2. The summed E-state index contributed by atoms with van der Waals surface area (Å²) in [5.74, 6) is -0.937. The van der Waals surface area contributed by atoms with E-state index >= 15 is 0 Å². The lowest BCUT2D eigenvalue weighted by atomic mass is 10.1. The van der Waals surface area contributed by atoms with Gasteiger partial charge in [0.05, 0.1) is 13.2 Å². The molecule has 0 amide bonds. The summed E-state index contributed by atoms with van der Waals surface area (Å²) in [5, 5.41) is 0. The Bertz CT molecular complexity index is 1170. The van der Waals surface area contributed by atoms with Crippen molar-refractivity contribution >= 4 is 19.8 Å². The summed E-state index contributed by atoms with van der Waals surface area (Å²) in [6.07, 6.45) is 50.5. The van der Waals surface area contributed by atoms with Crippen LogP contribution in [0.5, 0.6) is 0 Å². The van der Waals surface area contributed by atoms with E-state index in [0.717, 1.165) is 64.2 Å². The van der Waals surface area contributed by atoms with Gasteiger partial charge in [0.1, 0.15) is 6.61 Å². The molecule has 1 unspecified atom stereocenters. The Morgan fingerprint density at radius 3 is 1.56 bits per heavy atom. The van der Waals surface area contributed by atoms with Crippen LogP contribution in [-0.4, -0.2) is 49.3 Å². The van der Waals surface area contributed by atoms with E-state index in [2.05, 4.69) is 86.8 Å². The lowest BCUT2D eigenvalue weighted by molar-refractivity contribution is -0.161. The van der Waals surface area contributed by atoms with Gasteiger partial charge >= 0.3 is 19.8 Å². The number of phosphoric acid groups is 1. The topological polar surface area (TPSA) is 134 Å². The number of hydrogen-bond acceptors (Lipinski definition) is 8. The Balaban J connectivity index is 4.32. The monoisotopic (exact) mass is 790 g/mol. The van der Waals surface area contributed by atoms with Crippen molar-refractivity contribution in [2.75, 3.05) is 26.4 Å². The van der Waals surface area contributed by atoms with E-state index in [-0.39, 0.29) is 32.6 Å². The van der Waals surface area contributed by atoms with E-state index in [1.54, 1.807) is 0 Å². The molecule has 2 atom stereocenters. The Morgan fingerprint density at radius 2 is 1.04 bits per heavy atom. The number of unbranched alkanes of at least 4 members (excludes halogenated alkanes) is 11. The Hall–Kier alpha value is -2.81. The van der Waals surface area contributed by atoms with E-state index in [1.807, 2.05) is 12.2 Å². The maximum atomic E-state index is 12.5. The van der Waals surface area contributed by atoms with Crippen LogP contribution in [0.2, 0.25) is 0 Å². The molecule has 0 spiro atoms. The molecule has 0 aromatic carbocycles. The van der Waals surface area contributed by atoms with Crippen LogP contribution in [0.25, 0.3) is 0 Å². The minimum absolute atomic E-state index is 0.0375. The van der Waals surface area contributed by atoms with Gasteiger partial charge < -0.3 is 20.1 Å². The zero-order valence-electron chi connectivity index (χ0n) is 34.4. The van der Waals surface area contributed by atoms with Gasteiger partial charge in [-0.1, -0.05) is 157 Å². The Labute approximate surface area is 334 Å². The molecule has 0 saturated heterocycles. The van der Waals surface area contributed by atoms with Crippen molar-refractivity contribution < 1.29 is 37.6 Å². The molecule has 3 N–H and O–H groups in total. The van der Waals surface area contributed by atoms with Gasteiger partial charge in [0.15, 0.2) is 6.10 Å². The van der Waals surface area contributed by atoms with Gasteiger partial charge in [-0.2, -0.15) is 0 Å². The van der Waals surface area contributed by atoms with Gasteiger partial charge in [0.2, 0.25) is 0 Å². The molecule has 9 nitrogen and oxygen atoms in total. The van der Waals surface area contributed by atoms with Crippen molar-refractivity contribution in [3.05, 3.63) is 85.1 Å². The number of phosphoric ester groups is 1. The summed E-state index contributed by atoms with van der Waals surface area (Å²) in [6.45, 7) is 3.48. The molecular weight excluding hydrogens is 713 g/mol. The minimum atomic E-state index is -4.40. The lowest BCUT2D eigenvalue weighted by Crippen LogP contribution is -2.29. The van der Waals surface area contributed by atoms with E-state index < -0.39 is 32.5 Å². The summed E-state index contributed by atoms with van der Waals surface area (Å²) in [6, 6.07) is 0. The molecule has 0 heterocycles. The first-order valence-corrected chi connectivity index (χ1v) is 22.6. The number of hydrogen-bond donors (Lipinski definition) is 2. The van der Waals surface area contributed by atoms with Crippen LogP contribution in [0, 0.1) is 0 Å². The number of carbonyl (C=O) groups excluding carboxylic acids is 2. The molecule has 0 aromatic rings. The van der Waals surface area contributed by atoms with Gasteiger partial charge in [-0.25, -0.2) is 4.57 Å². The van der Waals surface area contributed by atoms with E-state index in [0.29, 0.717) is 6.42 Å². The standard InChI is InChI=1S/C45H76NO8P/c1-3-5-7-9-11-13-15-17-19-20-21-22-24-26-28-30-32-34-36-38-45(48)54-43(42-53-55(49,50)52-40-39-46)41-51-44(47)37-35-33-31-29-27-25-23-18-16-14-12-10-8-6-4-2/h5,7,10-13,17,19,21-22,26,28,32,34,43H,3-4,6,8-9,14-16,18,20,23-25,27,29-31,33,35-42,46H2,1-2H3,(H,49,50)/b7-5+,12-10+,13-11+,19-17+,22-21+,28-26+,34-32+/t43-/m1/s1. The Kier molecular flexibility index (Phi) is 38.8. The summed E-state index contributed by atoms with van der Waals surface area (Å²) in [7, 11) is -4.40. The lowest BCUT2D eigenvalue weighted by Gasteiger charge is -2.19. The average molecular weight is 790 g/mol. The van der Waals surface area contributed by atoms with Crippen molar-refractivity contribution in [3.63, 3.8) is 0 Å². The number of rotatable bonds is 38. The molecule has 314 valence electrons. The zero-order chi connectivity index (χ0) is 40.3. The third-order valence-electron chi connectivity index (χ3n) is 8.28. The third-order valence-corrected chi connectivity index (χ3v) is 9.26. The summed E-state index contributed by atoms with van der Waals surface area (Å²) < 4.78 is 32.7. The van der Waals surface area contributed by atoms with Gasteiger partial charge in [-0.15, -0.1) is 0 Å². The first-order valence-electron chi connectivity index (χ1n) is 21.1. The van der Waals surface area contributed by atoms with E-state index in [9.17, 15) is 19.0 Å². The van der Waals surface area contributed by atoms with Crippen molar-refractivity contribution in [2.45, 2.75) is 161 Å². The molecule has 55 heavy (non-hydrogen) atoms. The molecule has 10 heteroatoms. The molecule has 0 bridgehead atoms. The van der Waals surface area contributed by atoms with Crippen molar-refractivity contribution in [1.29, 1.82) is 0 Å². The van der Waals surface area contributed by atoms with Crippen LogP contribution in [0.3, 0.4) is 0 Å². The number of ether oxygens (including phenoxy) is 2. The fourth-order valence-corrected chi connectivity index (χ4v) is 5.93. The van der Waals surface area contributed by atoms with Gasteiger partial charge in [0, 0.05) is 19.4 Å². The second kappa shape index (κ2) is 40.8. The normalized spacial score (nSPS) is 14.2. The quantitative estimate of drug-likeness (QED) is 0.0271. The predicted molar refractivity (Wildman–Crippen MR) is 229 cm³/mol. The SMILES string of the molecule is CC/C=C/C/C=C/C/C=C/C/C=C/C/C=C/C/C=C/CCC(=O)O[C@H](COC(=O)CCCCCCCCCCC/C=C/CCCC)COP(=O)(O)OCCN. The highest BCUT2D eigenvalue weighted by Gasteiger charge is 2.25. The Morgan fingerprint density at radius 1 is 0.564 bits per heavy atom. The number of carbonyl (C=O) groups is 2. The fraction of sp³-hybridized carbons (Fsp3) is 0.644. The number of nitrogens with two attached hydrogens (primary N) is 1. The summed E-state index contributed by atoms with van der Waals surface area (Å²) in [4.78, 5) is 34.8. The zero-order valence-corrected chi connectivity index (χ0v) is 35.3. The van der Waals surface area contributed by atoms with Crippen molar-refractivity contribution in [3.8, 4) is 0 Å². The maximum Gasteiger partial charge on any atom is 0.472 e. The highest BCUT2D eigenvalue weighted by Crippen LogP contribution is 2.43. The highest BCUT2D eigenvalue weighted by molar-refractivity contribution is 7.47. The smallest absolute Gasteiger partial charge is 0.462 e. The molecule has 0 aromatic heterocycles. The largest absolute Gasteiger partial charge is 0.472 e. The first-order chi connectivity index (χ1) is 26.8. The fourth-order valence-electron chi connectivity index (χ4n) is 5.17. The average Bonchev–Trinajstić information content (AvgIpc) is 3.17. The predicted octanol–water partition coefficient (Wildman–Crippen LogP) is 12.0. The minimum Gasteiger partial charge on any atom is -0.462 e. The van der Waals surface area contributed by atoms with Crippen LogP contribution in [0.4, 0.5) is 0 Å². The highest BCUT2D eigenvalue weighted by atomic mass is 31.2. The van der Waals surface area contributed by atoms with Crippen LogP contribution < -0.4 is 5.73 Å². The third kappa shape index (κ3) is 40.7. The van der Waals surface area contributed by atoms with E-state index in [4.69, 9.17) is 24.3 Å². The van der Waals surface area contributed by atoms with Gasteiger partial charge in [-0.3, -0.25) is 18.6 Å². The van der Waals surface area contributed by atoms with Crippen molar-refractivity contribution in [1.82, 2.24) is 0 Å². The second-order valence-corrected chi connectivity index (χ2v) is 14.9. The molecule has 0 aliphatic carbocycles. The second-order valence-electron chi connectivity index (χ2n) is 13.5. The molecule has 0 radical (unpaired) electrons.